The summed E-state index contributed by atoms with van der Waals surface area (Å²) in [5.41, 5.74) is 2.28. The predicted molar refractivity (Wildman–Crippen MR) is 105 cm³/mol. The average molecular weight is 374 g/mol. The Morgan fingerprint density at radius 1 is 0.929 bits per heavy atom. The molecule has 28 heavy (non-hydrogen) atoms. The van der Waals surface area contributed by atoms with E-state index in [-0.39, 0.29) is 23.6 Å². The molecular formula is C23H22N2O3. The zero-order valence-corrected chi connectivity index (χ0v) is 15.7. The standard InChI is InChI=1S/C23H22N2O3/c1-14-9-11-16(12-10-14)25-22(27)18-17-8-5-13-24(17)20(19(18)23(25)28)21(26)15-6-3-2-4-7-15/h2-4,6-7,9-12,17-20H,5,8,13H2,1H3/t17-,18-,19-,20-/m0/s1. The molecule has 2 aromatic carbocycles. The second-order valence-corrected chi connectivity index (χ2v) is 8.02. The van der Waals surface area contributed by atoms with Crippen molar-refractivity contribution in [2.45, 2.75) is 31.8 Å². The largest absolute Gasteiger partial charge is 0.292 e. The van der Waals surface area contributed by atoms with Gasteiger partial charge >= 0.3 is 0 Å². The van der Waals surface area contributed by atoms with Crippen LogP contribution in [0.4, 0.5) is 5.69 Å². The highest BCUT2D eigenvalue weighted by molar-refractivity contribution is 6.24. The first-order valence-corrected chi connectivity index (χ1v) is 9.87. The van der Waals surface area contributed by atoms with E-state index in [0.717, 1.165) is 24.9 Å². The van der Waals surface area contributed by atoms with Crippen molar-refractivity contribution in [2.24, 2.45) is 11.8 Å². The van der Waals surface area contributed by atoms with Crippen LogP contribution < -0.4 is 4.90 Å². The highest BCUT2D eigenvalue weighted by Crippen LogP contribution is 2.48. The van der Waals surface area contributed by atoms with Gasteiger partial charge in [0.1, 0.15) is 0 Å². The van der Waals surface area contributed by atoms with E-state index >= 15 is 0 Å². The fourth-order valence-corrected chi connectivity index (χ4v) is 5.24. The van der Waals surface area contributed by atoms with Crippen LogP contribution in [-0.2, 0) is 9.59 Å². The van der Waals surface area contributed by atoms with E-state index in [2.05, 4.69) is 4.90 Å². The summed E-state index contributed by atoms with van der Waals surface area (Å²) < 4.78 is 0. The summed E-state index contributed by atoms with van der Waals surface area (Å²) >= 11 is 0. The third-order valence-corrected chi connectivity index (χ3v) is 6.47. The number of Topliss-reactive ketones (excluding diaryl/α,β-unsaturated/α-hetero) is 1. The Labute approximate surface area is 163 Å². The van der Waals surface area contributed by atoms with E-state index < -0.39 is 17.9 Å². The third-order valence-electron chi connectivity index (χ3n) is 6.47. The second kappa shape index (κ2) is 6.38. The molecule has 142 valence electrons. The molecule has 3 saturated heterocycles. The van der Waals surface area contributed by atoms with E-state index in [9.17, 15) is 14.4 Å². The molecule has 3 aliphatic rings. The van der Waals surface area contributed by atoms with Crippen LogP contribution in [-0.4, -0.2) is 41.1 Å². The molecule has 4 atom stereocenters. The number of nitrogens with zero attached hydrogens (tertiary/aromatic N) is 2. The minimum absolute atomic E-state index is 0.0189. The van der Waals surface area contributed by atoms with Crippen molar-refractivity contribution in [3.05, 3.63) is 65.7 Å². The molecule has 3 heterocycles. The SMILES string of the molecule is Cc1ccc(N2C(=O)[C@@H]3[C@H](C2=O)[C@@H](C(=O)c2ccccc2)N2CCC[C@@H]32)cc1. The van der Waals surface area contributed by atoms with Gasteiger partial charge in [-0.2, -0.15) is 0 Å². The lowest BCUT2D eigenvalue weighted by Gasteiger charge is -2.27. The van der Waals surface area contributed by atoms with E-state index in [1.807, 2.05) is 49.4 Å². The molecule has 0 bridgehead atoms. The van der Waals surface area contributed by atoms with Crippen LogP contribution >= 0.6 is 0 Å². The molecule has 0 unspecified atom stereocenters. The van der Waals surface area contributed by atoms with Gasteiger partial charge in [-0.05, 0) is 38.4 Å². The Bertz CT molecular complexity index is 954. The number of benzene rings is 2. The summed E-state index contributed by atoms with van der Waals surface area (Å²) in [6.07, 6.45) is 1.82. The molecule has 0 spiro atoms. The van der Waals surface area contributed by atoms with Crippen LogP contribution in [0.15, 0.2) is 54.6 Å². The Hall–Kier alpha value is -2.79. The van der Waals surface area contributed by atoms with Crippen LogP contribution in [0.5, 0.6) is 0 Å². The van der Waals surface area contributed by atoms with E-state index in [1.54, 1.807) is 12.1 Å². The normalized spacial score (nSPS) is 29.2. The number of imide groups is 1. The molecule has 0 aromatic heterocycles. The number of carbonyl (C=O) groups excluding carboxylic acids is 3. The van der Waals surface area contributed by atoms with Crippen molar-refractivity contribution >= 4 is 23.3 Å². The van der Waals surface area contributed by atoms with Crippen LogP contribution in [0.1, 0.15) is 28.8 Å². The quantitative estimate of drug-likeness (QED) is 0.612. The molecule has 0 N–H and O–H groups in total. The number of hydrogen-bond acceptors (Lipinski definition) is 4. The second-order valence-electron chi connectivity index (χ2n) is 8.02. The number of carbonyl (C=O) groups is 3. The van der Waals surface area contributed by atoms with Gasteiger partial charge in [0.25, 0.3) is 0 Å². The minimum Gasteiger partial charge on any atom is -0.292 e. The maximum Gasteiger partial charge on any atom is 0.239 e. The van der Waals surface area contributed by atoms with Crippen molar-refractivity contribution in [3.8, 4) is 0 Å². The minimum atomic E-state index is -0.591. The molecule has 5 heteroatoms. The van der Waals surface area contributed by atoms with Gasteiger partial charge in [-0.15, -0.1) is 0 Å². The number of anilines is 1. The van der Waals surface area contributed by atoms with Gasteiger partial charge in [0.15, 0.2) is 5.78 Å². The van der Waals surface area contributed by atoms with Crippen LogP contribution in [0.25, 0.3) is 0 Å². The van der Waals surface area contributed by atoms with Gasteiger partial charge in [0.2, 0.25) is 11.8 Å². The number of hydrogen-bond donors (Lipinski definition) is 0. The van der Waals surface area contributed by atoms with Crippen LogP contribution in [0.2, 0.25) is 0 Å². The number of fused-ring (bicyclic) bond motifs is 3. The molecule has 2 aromatic rings. The van der Waals surface area contributed by atoms with Crippen molar-refractivity contribution in [3.63, 3.8) is 0 Å². The molecule has 5 rings (SSSR count). The Morgan fingerprint density at radius 2 is 1.61 bits per heavy atom. The van der Waals surface area contributed by atoms with Gasteiger partial charge in [-0.3, -0.25) is 19.3 Å². The summed E-state index contributed by atoms with van der Waals surface area (Å²) in [7, 11) is 0. The molecule has 3 fully saturated rings. The molecule has 2 amide bonds. The summed E-state index contributed by atoms with van der Waals surface area (Å²) in [4.78, 5) is 43.5. The van der Waals surface area contributed by atoms with Gasteiger partial charge in [0, 0.05) is 11.6 Å². The number of ketones is 1. The highest BCUT2D eigenvalue weighted by atomic mass is 16.2. The maximum absolute atomic E-state index is 13.4. The highest BCUT2D eigenvalue weighted by Gasteiger charge is 2.64. The van der Waals surface area contributed by atoms with E-state index in [4.69, 9.17) is 0 Å². The fourth-order valence-electron chi connectivity index (χ4n) is 5.24. The Morgan fingerprint density at radius 3 is 2.32 bits per heavy atom. The van der Waals surface area contributed by atoms with E-state index in [0.29, 0.717) is 11.3 Å². The number of rotatable bonds is 3. The summed E-state index contributed by atoms with van der Waals surface area (Å²) in [5, 5.41) is 0. The number of aryl methyl sites for hydroxylation is 1. The van der Waals surface area contributed by atoms with Gasteiger partial charge in [-0.1, -0.05) is 48.0 Å². The molecule has 5 nitrogen and oxygen atoms in total. The molecule has 3 aliphatic heterocycles. The first-order valence-electron chi connectivity index (χ1n) is 9.87. The van der Waals surface area contributed by atoms with Crippen molar-refractivity contribution in [1.82, 2.24) is 4.90 Å². The lowest BCUT2D eigenvalue weighted by molar-refractivity contribution is -0.123. The maximum atomic E-state index is 13.4. The van der Waals surface area contributed by atoms with Gasteiger partial charge in [-0.25, -0.2) is 4.90 Å². The molecule has 0 aliphatic carbocycles. The lowest BCUT2D eigenvalue weighted by atomic mass is 9.85. The lowest BCUT2D eigenvalue weighted by Crippen LogP contribution is -2.46. The van der Waals surface area contributed by atoms with Crippen molar-refractivity contribution < 1.29 is 14.4 Å². The summed E-state index contributed by atoms with van der Waals surface area (Å²) in [5.74, 6) is -1.45. The van der Waals surface area contributed by atoms with Crippen molar-refractivity contribution in [1.29, 1.82) is 0 Å². The van der Waals surface area contributed by atoms with Gasteiger partial charge in [0.05, 0.1) is 23.6 Å². The first kappa shape index (κ1) is 17.3. The number of amides is 2. The molecule has 0 saturated carbocycles. The molecule has 0 radical (unpaired) electrons. The Kier molecular flexibility index (Phi) is 3.95. The summed E-state index contributed by atoms with van der Waals surface area (Å²) in [6, 6.07) is 16.0. The summed E-state index contributed by atoms with van der Waals surface area (Å²) in [6.45, 7) is 2.74. The van der Waals surface area contributed by atoms with Crippen molar-refractivity contribution in [2.75, 3.05) is 11.4 Å². The Balaban J connectivity index is 1.55. The topological polar surface area (TPSA) is 57.7 Å². The predicted octanol–water partition coefficient (Wildman–Crippen LogP) is 2.83. The monoisotopic (exact) mass is 374 g/mol. The first-order chi connectivity index (χ1) is 13.6. The van der Waals surface area contributed by atoms with E-state index in [1.165, 1.54) is 4.90 Å². The van der Waals surface area contributed by atoms with Crippen LogP contribution in [0, 0.1) is 18.8 Å². The molecular weight excluding hydrogens is 352 g/mol. The zero-order chi connectivity index (χ0) is 19.4. The third kappa shape index (κ3) is 2.39. The smallest absolute Gasteiger partial charge is 0.239 e. The average Bonchev–Trinajstić information content (AvgIpc) is 3.35. The zero-order valence-electron chi connectivity index (χ0n) is 15.7. The van der Waals surface area contributed by atoms with Crippen LogP contribution in [0.3, 0.4) is 0 Å². The fraction of sp³-hybridized carbons (Fsp3) is 0.348. The van der Waals surface area contributed by atoms with Gasteiger partial charge < -0.3 is 0 Å².